The number of rotatable bonds is 4. The zero-order chi connectivity index (χ0) is 12.8. The van der Waals surface area contributed by atoms with E-state index in [1.807, 2.05) is 0 Å². The largest absolute Gasteiger partial charge is 0.379 e. The maximum atomic E-state index is 12.0. The van der Waals surface area contributed by atoms with Gasteiger partial charge in [0.05, 0.1) is 19.3 Å². The molecule has 0 spiro atoms. The second kappa shape index (κ2) is 7.04. The zero-order valence-corrected chi connectivity index (χ0v) is 11.1. The summed E-state index contributed by atoms with van der Waals surface area (Å²) in [5, 5.41) is 9.51. The first-order chi connectivity index (χ1) is 8.75. The molecule has 6 nitrogen and oxygen atoms in total. The summed E-state index contributed by atoms with van der Waals surface area (Å²) in [6.07, 6.45) is 0. The minimum atomic E-state index is -0.0918. The van der Waals surface area contributed by atoms with Gasteiger partial charge in [0.25, 0.3) is 0 Å². The molecule has 3 N–H and O–H groups in total. The summed E-state index contributed by atoms with van der Waals surface area (Å²) >= 11 is 0. The molecule has 0 aromatic carbocycles. The number of nitrogens with one attached hydrogen (secondary N) is 3. The molecule has 2 fully saturated rings. The van der Waals surface area contributed by atoms with Gasteiger partial charge in [0.1, 0.15) is 0 Å². The predicted octanol–water partition coefficient (Wildman–Crippen LogP) is -1.62. The summed E-state index contributed by atoms with van der Waals surface area (Å²) in [7, 11) is 0. The fraction of sp³-hybridized carbons (Fsp3) is 0.917. The van der Waals surface area contributed by atoms with Crippen molar-refractivity contribution in [3.8, 4) is 0 Å². The van der Waals surface area contributed by atoms with Crippen LogP contribution in [0.25, 0.3) is 0 Å². The van der Waals surface area contributed by atoms with E-state index in [2.05, 4.69) is 27.8 Å². The van der Waals surface area contributed by atoms with Gasteiger partial charge in [0.2, 0.25) is 5.91 Å². The first kappa shape index (κ1) is 13.7. The first-order valence-electron chi connectivity index (χ1n) is 6.80. The van der Waals surface area contributed by atoms with E-state index in [1.54, 1.807) is 0 Å². The van der Waals surface area contributed by atoms with Gasteiger partial charge < -0.3 is 20.7 Å². The third kappa shape index (κ3) is 4.20. The van der Waals surface area contributed by atoms with E-state index in [1.165, 1.54) is 0 Å². The van der Waals surface area contributed by atoms with Crippen LogP contribution in [0.3, 0.4) is 0 Å². The maximum absolute atomic E-state index is 12.0. The predicted molar refractivity (Wildman–Crippen MR) is 69.5 cm³/mol. The highest BCUT2D eigenvalue weighted by molar-refractivity contribution is 5.82. The van der Waals surface area contributed by atoms with Crippen LogP contribution in [0, 0.1) is 0 Å². The molecule has 2 saturated heterocycles. The molecule has 2 aliphatic heterocycles. The highest BCUT2D eigenvalue weighted by Gasteiger charge is 2.22. The molecule has 2 rings (SSSR count). The fourth-order valence-electron chi connectivity index (χ4n) is 2.40. The summed E-state index contributed by atoms with van der Waals surface area (Å²) in [4.78, 5) is 14.3. The molecule has 18 heavy (non-hydrogen) atoms. The monoisotopic (exact) mass is 256 g/mol. The normalized spacial score (nSPS) is 27.7. The molecule has 2 aliphatic rings. The third-order valence-corrected chi connectivity index (χ3v) is 3.38. The van der Waals surface area contributed by atoms with Crippen molar-refractivity contribution < 1.29 is 9.53 Å². The van der Waals surface area contributed by atoms with E-state index in [4.69, 9.17) is 4.74 Å². The van der Waals surface area contributed by atoms with Crippen molar-refractivity contribution in [3.05, 3.63) is 0 Å². The van der Waals surface area contributed by atoms with Gasteiger partial charge in [-0.15, -0.1) is 0 Å². The maximum Gasteiger partial charge on any atom is 0.238 e. The van der Waals surface area contributed by atoms with E-state index in [-0.39, 0.29) is 18.0 Å². The standard InChI is InChI=1S/C12H24N4O2/c1-10(9-16-4-6-18-7-5-16)15-12(17)11-8-13-2-3-14-11/h10-11,13-14H,2-9H2,1H3,(H,15,17). The smallest absolute Gasteiger partial charge is 0.238 e. The molecule has 1 amide bonds. The zero-order valence-electron chi connectivity index (χ0n) is 11.1. The number of ether oxygens (including phenoxy) is 1. The Morgan fingerprint density at radius 1 is 1.44 bits per heavy atom. The molecule has 0 aliphatic carbocycles. The average Bonchev–Trinajstić information content (AvgIpc) is 2.40. The summed E-state index contributed by atoms with van der Waals surface area (Å²) in [5.74, 6) is 0.1000. The molecular formula is C12H24N4O2. The number of hydrogen-bond donors (Lipinski definition) is 3. The average molecular weight is 256 g/mol. The summed E-state index contributed by atoms with van der Waals surface area (Å²) < 4.78 is 5.31. The van der Waals surface area contributed by atoms with Gasteiger partial charge in [-0.05, 0) is 6.92 Å². The highest BCUT2D eigenvalue weighted by Crippen LogP contribution is 1.99. The Balaban J connectivity index is 1.68. The van der Waals surface area contributed by atoms with Crippen LogP contribution in [0.4, 0.5) is 0 Å². The molecule has 2 atom stereocenters. The minimum absolute atomic E-state index is 0.0918. The Labute approximate surface area is 108 Å². The number of carbonyl (C=O) groups excluding carboxylic acids is 1. The topological polar surface area (TPSA) is 65.6 Å². The van der Waals surface area contributed by atoms with Gasteiger partial charge in [0, 0.05) is 45.3 Å². The minimum Gasteiger partial charge on any atom is -0.379 e. The molecule has 0 bridgehead atoms. The molecule has 2 unspecified atom stereocenters. The van der Waals surface area contributed by atoms with Crippen molar-refractivity contribution in [2.45, 2.75) is 19.0 Å². The Morgan fingerprint density at radius 3 is 2.89 bits per heavy atom. The molecule has 0 saturated carbocycles. The van der Waals surface area contributed by atoms with Crippen LogP contribution >= 0.6 is 0 Å². The number of nitrogens with zero attached hydrogens (tertiary/aromatic N) is 1. The number of amides is 1. The second-order valence-electron chi connectivity index (χ2n) is 5.03. The lowest BCUT2D eigenvalue weighted by Gasteiger charge is -2.30. The fourth-order valence-corrected chi connectivity index (χ4v) is 2.40. The highest BCUT2D eigenvalue weighted by atomic mass is 16.5. The van der Waals surface area contributed by atoms with E-state index in [9.17, 15) is 4.79 Å². The third-order valence-electron chi connectivity index (χ3n) is 3.38. The van der Waals surface area contributed by atoms with Gasteiger partial charge in [0.15, 0.2) is 0 Å². The summed E-state index contributed by atoms with van der Waals surface area (Å²) in [6.45, 7) is 8.99. The van der Waals surface area contributed by atoms with Crippen LogP contribution in [0.15, 0.2) is 0 Å². The van der Waals surface area contributed by atoms with Gasteiger partial charge >= 0.3 is 0 Å². The summed E-state index contributed by atoms with van der Waals surface area (Å²) in [6, 6.07) is 0.0882. The number of piperazine rings is 1. The lowest BCUT2D eigenvalue weighted by molar-refractivity contribution is -0.124. The van der Waals surface area contributed by atoms with Crippen molar-refractivity contribution in [1.29, 1.82) is 0 Å². The number of hydrogen-bond acceptors (Lipinski definition) is 5. The van der Waals surface area contributed by atoms with E-state index in [0.717, 1.165) is 52.5 Å². The van der Waals surface area contributed by atoms with Gasteiger partial charge in [-0.3, -0.25) is 9.69 Å². The quantitative estimate of drug-likeness (QED) is 0.564. The van der Waals surface area contributed by atoms with Crippen molar-refractivity contribution >= 4 is 5.91 Å². The van der Waals surface area contributed by atoms with Gasteiger partial charge in [-0.1, -0.05) is 0 Å². The van der Waals surface area contributed by atoms with E-state index in [0.29, 0.717) is 0 Å². The number of morpholine rings is 1. The number of carbonyl (C=O) groups is 1. The van der Waals surface area contributed by atoms with Crippen LogP contribution in [0.5, 0.6) is 0 Å². The SMILES string of the molecule is CC(CN1CCOCC1)NC(=O)C1CNCCN1. The van der Waals surface area contributed by atoms with Crippen LogP contribution in [-0.4, -0.2) is 75.4 Å². The van der Waals surface area contributed by atoms with Crippen LogP contribution in [-0.2, 0) is 9.53 Å². The Kier molecular flexibility index (Phi) is 5.37. The van der Waals surface area contributed by atoms with Crippen molar-refractivity contribution in [1.82, 2.24) is 20.9 Å². The van der Waals surface area contributed by atoms with Crippen LogP contribution < -0.4 is 16.0 Å². The summed E-state index contributed by atoms with van der Waals surface area (Å²) in [5.41, 5.74) is 0. The van der Waals surface area contributed by atoms with E-state index >= 15 is 0 Å². The van der Waals surface area contributed by atoms with Crippen molar-refractivity contribution in [2.75, 3.05) is 52.5 Å². The van der Waals surface area contributed by atoms with E-state index < -0.39 is 0 Å². The van der Waals surface area contributed by atoms with Gasteiger partial charge in [-0.2, -0.15) is 0 Å². The van der Waals surface area contributed by atoms with Gasteiger partial charge in [-0.25, -0.2) is 0 Å². The van der Waals surface area contributed by atoms with Crippen LogP contribution in [0.1, 0.15) is 6.92 Å². The molecule has 0 aromatic heterocycles. The molecule has 104 valence electrons. The molecular weight excluding hydrogens is 232 g/mol. The van der Waals surface area contributed by atoms with Crippen molar-refractivity contribution in [2.24, 2.45) is 0 Å². The Hall–Kier alpha value is -0.690. The molecule has 2 heterocycles. The second-order valence-corrected chi connectivity index (χ2v) is 5.03. The Bertz CT molecular complexity index is 263. The van der Waals surface area contributed by atoms with Crippen LogP contribution in [0.2, 0.25) is 0 Å². The Morgan fingerprint density at radius 2 is 2.22 bits per heavy atom. The molecule has 0 radical (unpaired) electrons. The molecule has 0 aromatic rings. The van der Waals surface area contributed by atoms with Crippen molar-refractivity contribution in [3.63, 3.8) is 0 Å². The lowest BCUT2D eigenvalue weighted by atomic mass is 10.2. The molecule has 6 heteroatoms. The lowest BCUT2D eigenvalue weighted by Crippen LogP contribution is -2.58. The first-order valence-corrected chi connectivity index (χ1v) is 6.80.